The minimum Gasteiger partial charge on any atom is -0.490 e. The third-order valence-electron chi connectivity index (χ3n) is 4.53. The summed E-state index contributed by atoms with van der Waals surface area (Å²) < 4.78 is 17.2. The molecule has 0 atom stereocenters. The number of benzene rings is 2. The number of anilines is 2. The molecule has 3 aromatic rings. The molecule has 0 spiro atoms. The molecule has 12 heteroatoms. The second-order valence-electron chi connectivity index (χ2n) is 7.42. The fourth-order valence-electron chi connectivity index (χ4n) is 3.04. The zero-order valence-electron chi connectivity index (χ0n) is 20.3. The van der Waals surface area contributed by atoms with Gasteiger partial charge in [0.1, 0.15) is 35.6 Å². The van der Waals surface area contributed by atoms with Crippen LogP contribution in [0.5, 0.6) is 17.2 Å². The van der Waals surface area contributed by atoms with Crippen LogP contribution in [0.4, 0.5) is 10.8 Å². The van der Waals surface area contributed by atoms with Crippen molar-refractivity contribution in [3.63, 3.8) is 0 Å². The third-order valence-corrected chi connectivity index (χ3v) is 5.56. The lowest BCUT2D eigenvalue weighted by Crippen LogP contribution is -2.13. The van der Waals surface area contributed by atoms with Crippen LogP contribution in [0, 0.1) is 18.3 Å². The molecule has 1 heterocycles. The van der Waals surface area contributed by atoms with Gasteiger partial charge in [-0.2, -0.15) is 5.26 Å². The summed E-state index contributed by atoms with van der Waals surface area (Å²) >= 11 is 7.65. The minimum atomic E-state index is -0.615. The first kappa shape index (κ1) is 27.4. The maximum Gasteiger partial charge on any atom is 0.268 e. The van der Waals surface area contributed by atoms with Crippen LogP contribution in [0.15, 0.2) is 42.0 Å². The highest BCUT2D eigenvalue weighted by Gasteiger charge is 2.16. The number of rotatable bonds is 11. The van der Waals surface area contributed by atoms with Gasteiger partial charge in [-0.25, -0.2) is 0 Å². The van der Waals surface area contributed by atoms with Crippen molar-refractivity contribution in [1.82, 2.24) is 10.2 Å². The summed E-state index contributed by atoms with van der Waals surface area (Å²) in [4.78, 5) is 23.6. The van der Waals surface area contributed by atoms with Gasteiger partial charge in [0.05, 0.1) is 11.6 Å². The van der Waals surface area contributed by atoms with E-state index in [4.69, 9.17) is 25.8 Å². The van der Waals surface area contributed by atoms with E-state index in [9.17, 15) is 14.9 Å². The van der Waals surface area contributed by atoms with Crippen LogP contribution >= 0.6 is 22.9 Å². The maximum atomic E-state index is 12.5. The largest absolute Gasteiger partial charge is 0.490 e. The number of nitrogens with zero attached hydrogens (tertiary/aromatic N) is 3. The lowest BCUT2D eigenvalue weighted by Gasteiger charge is -2.15. The predicted octanol–water partition coefficient (Wildman–Crippen LogP) is 4.86. The SMILES string of the molecule is CCOc1cc(/C=C(/C#N)C(=O)Nc2nnc(C)s2)cc(Cl)c1OCCOc1ccc(NC(C)=O)cc1. The molecule has 2 N–H and O–H groups in total. The number of aromatic nitrogens is 2. The lowest BCUT2D eigenvalue weighted by atomic mass is 10.1. The van der Waals surface area contributed by atoms with Crippen molar-refractivity contribution < 1.29 is 23.8 Å². The number of amides is 2. The summed E-state index contributed by atoms with van der Waals surface area (Å²) in [6.07, 6.45) is 1.40. The molecule has 0 unspecified atom stereocenters. The summed E-state index contributed by atoms with van der Waals surface area (Å²) in [6, 6.07) is 12.0. The number of nitriles is 1. The van der Waals surface area contributed by atoms with Crippen molar-refractivity contribution in [3.8, 4) is 23.3 Å². The number of hydrogen-bond acceptors (Lipinski definition) is 9. The number of ether oxygens (including phenoxy) is 3. The molecule has 0 aliphatic heterocycles. The van der Waals surface area contributed by atoms with Crippen LogP contribution in [0.25, 0.3) is 6.08 Å². The molecule has 0 saturated carbocycles. The molecule has 10 nitrogen and oxygen atoms in total. The molecule has 0 saturated heterocycles. The van der Waals surface area contributed by atoms with Crippen LogP contribution in [0.1, 0.15) is 24.4 Å². The van der Waals surface area contributed by atoms with E-state index in [1.54, 1.807) is 43.3 Å². The van der Waals surface area contributed by atoms with E-state index < -0.39 is 5.91 Å². The van der Waals surface area contributed by atoms with E-state index in [-0.39, 0.29) is 29.7 Å². The van der Waals surface area contributed by atoms with Crippen LogP contribution in [0.2, 0.25) is 5.02 Å². The molecule has 0 fully saturated rings. The van der Waals surface area contributed by atoms with Crippen molar-refractivity contribution in [3.05, 3.63) is 57.6 Å². The van der Waals surface area contributed by atoms with Gasteiger partial charge in [0.25, 0.3) is 5.91 Å². The van der Waals surface area contributed by atoms with Crippen molar-refractivity contribution in [2.45, 2.75) is 20.8 Å². The highest BCUT2D eigenvalue weighted by Crippen LogP contribution is 2.37. The topological polar surface area (TPSA) is 135 Å². The Hall–Kier alpha value is -4.14. The van der Waals surface area contributed by atoms with Gasteiger partial charge in [-0.3, -0.25) is 14.9 Å². The molecule has 0 radical (unpaired) electrons. The molecule has 3 rings (SSSR count). The van der Waals surface area contributed by atoms with Gasteiger partial charge in [-0.05, 0) is 61.9 Å². The third kappa shape index (κ3) is 8.20. The predicted molar refractivity (Wildman–Crippen MR) is 141 cm³/mol. The van der Waals surface area contributed by atoms with E-state index in [1.807, 2.05) is 13.0 Å². The monoisotopic (exact) mass is 541 g/mol. The van der Waals surface area contributed by atoms with Gasteiger partial charge < -0.3 is 19.5 Å². The minimum absolute atomic E-state index is 0.141. The van der Waals surface area contributed by atoms with Crippen molar-refractivity contribution in [1.29, 1.82) is 5.26 Å². The summed E-state index contributed by atoms with van der Waals surface area (Å²) in [6.45, 7) is 5.76. The first-order chi connectivity index (χ1) is 17.8. The molecule has 2 aromatic carbocycles. The molecule has 0 aliphatic rings. The summed E-state index contributed by atoms with van der Waals surface area (Å²) in [5, 5.41) is 23.6. The highest BCUT2D eigenvalue weighted by molar-refractivity contribution is 7.15. The Morgan fingerprint density at radius 1 is 1.11 bits per heavy atom. The van der Waals surface area contributed by atoms with Gasteiger partial charge >= 0.3 is 0 Å². The van der Waals surface area contributed by atoms with E-state index in [0.29, 0.717) is 45.2 Å². The fourth-order valence-corrected chi connectivity index (χ4v) is 3.90. The smallest absolute Gasteiger partial charge is 0.268 e. The van der Waals surface area contributed by atoms with Crippen LogP contribution < -0.4 is 24.8 Å². The van der Waals surface area contributed by atoms with Gasteiger partial charge in [-0.15, -0.1) is 10.2 Å². The molecular formula is C25H24ClN5O5S. The normalized spacial score (nSPS) is 10.8. The molecule has 37 heavy (non-hydrogen) atoms. The molecule has 0 aliphatic carbocycles. The number of nitrogens with one attached hydrogen (secondary N) is 2. The van der Waals surface area contributed by atoms with Gasteiger partial charge in [0, 0.05) is 12.6 Å². The van der Waals surface area contributed by atoms with E-state index >= 15 is 0 Å². The molecule has 0 bridgehead atoms. The summed E-state index contributed by atoms with van der Waals surface area (Å²) in [5.41, 5.74) is 1.01. The zero-order valence-corrected chi connectivity index (χ0v) is 21.9. The number of hydrogen-bond donors (Lipinski definition) is 2. The lowest BCUT2D eigenvalue weighted by molar-refractivity contribution is -0.114. The zero-order chi connectivity index (χ0) is 26.8. The Morgan fingerprint density at radius 3 is 2.46 bits per heavy atom. The Bertz CT molecular complexity index is 1330. The average molecular weight is 542 g/mol. The Morgan fingerprint density at radius 2 is 1.84 bits per heavy atom. The van der Waals surface area contributed by atoms with Crippen molar-refractivity contribution >= 4 is 51.6 Å². The van der Waals surface area contributed by atoms with Crippen LogP contribution in [-0.4, -0.2) is 41.8 Å². The summed E-state index contributed by atoms with van der Waals surface area (Å²) in [5.74, 6) is 0.521. The molecule has 2 amide bonds. The van der Waals surface area contributed by atoms with Crippen LogP contribution in [-0.2, 0) is 9.59 Å². The number of carbonyl (C=O) groups excluding carboxylic acids is 2. The molecular weight excluding hydrogens is 518 g/mol. The van der Waals surface area contributed by atoms with Gasteiger partial charge in [-0.1, -0.05) is 22.9 Å². The standard InChI is InChI=1S/C25H24ClN5O5S/c1-4-34-22-13-17(11-18(14-27)24(33)29-25-31-30-16(3)37-25)12-21(26)23(22)36-10-9-35-20-7-5-19(6-8-20)28-15(2)32/h5-8,11-13H,4,9-10H2,1-3H3,(H,28,32)(H,29,31,33)/b18-11-. The second-order valence-corrected chi connectivity index (χ2v) is 9.00. The fraction of sp³-hybridized carbons (Fsp3) is 0.240. The quantitative estimate of drug-likeness (QED) is 0.199. The number of aryl methyl sites for hydroxylation is 1. The molecule has 1 aromatic heterocycles. The van der Waals surface area contributed by atoms with Gasteiger partial charge in [0.15, 0.2) is 11.5 Å². The van der Waals surface area contributed by atoms with E-state index in [2.05, 4.69) is 20.8 Å². The second kappa shape index (κ2) is 13.2. The molecule has 192 valence electrons. The van der Waals surface area contributed by atoms with E-state index in [0.717, 1.165) is 0 Å². The first-order valence-corrected chi connectivity index (χ1v) is 12.3. The number of carbonyl (C=O) groups is 2. The van der Waals surface area contributed by atoms with Gasteiger partial charge in [0.2, 0.25) is 11.0 Å². The summed E-state index contributed by atoms with van der Waals surface area (Å²) in [7, 11) is 0. The highest BCUT2D eigenvalue weighted by atomic mass is 35.5. The van der Waals surface area contributed by atoms with Crippen molar-refractivity contribution in [2.75, 3.05) is 30.5 Å². The Kier molecular flexibility index (Phi) is 9.83. The van der Waals surface area contributed by atoms with Crippen LogP contribution in [0.3, 0.4) is 0 Å². The van der Waals surface area contributed by atoms with E-state index in [1.165, 1.54) is 24.3 Å². The number of halogens is 1. The Labute approximate surface area is 222 Å². The first-order valence-electron chi connectivity index (χ1n) is 11.1. The average Bonchev–Trinajstić information content (AvgIpc) is 3.26. The maximum absolute atomic E-state index is 12.5. The van der Waals surface area contributed by atoms with Crippen molar-refractivity contribution in [2.24, 2.45) is 0 Å². The Balaban J connectivity index is 1.66.